The number of nitrogens with one attached hydrogen (secondary N) is 1. The molecule has 1 aliphatic heterocycles. The van der Waals surface area contributed by atoms with Crippen LogP contribution in [0.5, 0.6) is 0 Å². The SMILES string of the molecule is O=CCc1cn(C2CC2)c2cc(N3CCNCC3)c(F)cc2c1=O. The second kappa shape index (κ2) is 6.02. The third kappa shape index (κ3) is 2.60. The molecule has 1 saturated carbocycles. The summed E-state index contributed by atoms with van der Waals surface area (Å²) in [4.78, 5) is 25.5. The summed E-state index contributed by atoms with van der Waals surface area (Å²) in [7, 11) is 0. The van der Waals surface area contributed by atoms with Crippen molar-refractivity contribution in [3.63, 3.8) is 0 Å². The van der Waals surface area contributed by atoms with E-state index in [0.29, 0.717) is 22.7 Å². The van der Waals surface area contributed by atoms with Crippen molar-refractivity contribution in [2.45, 2.75) is 25.3 Å². The van der Waals surface area contributed by atoms with Crippen LogP contribution in [0.15, 0.2) is 23.1 Å². The first-order chi connectivity index (χ1) is 11.7. The van der Waals surface area contributed by atoms with Crippen LogP contribution in [0.25, 0.3) is 10.9 Å². The molecule has 2 heterocycles. The molecule has 0 spiro atoms. The lowest BCUT2D eigenvalue weighted by Gasteiger charge is -2.30. The number of piperazine rings is 1. The van der Waals surface area contributed by atoms with Crippen LogP contribution in [0.3, 0.4) is 0 Å². The van der Waals surface area contributed by atoms with E-state index >= 15 is 0 Å². The lowest BCUT2D eigenvalue weighted by molar-refractivity contribution is -0.107. The number of carbonyl (C=O) groups is 1. The van der Waals surface area contributed by atoms with Gasteiger partial charge < -0.3 is 19.6 Å². The first kappa shape index (κ1) is 15.3. The van der Waals surface area contributed by atoms with Gasteiger partial charge in [0.05, 0.1) is 11.2 Å². The Balaban J connectivity index is 1.91. The molecule has 1 saturated heterocycles. The Kier molecular flexibility index (Phi) is 3.84. The maximum atomic E-state index is 14.7. The molecule has 5 nitrogen and oxygen atoms in total. The zero-order valence-electron chi connectivity index (χ0n) is 13.4. The van der Waals surface area contributed by atoms with Gasteiger partial charge in [0.15, 0.2) is 5.43 Å². The van der Waals surface area contributed by atoms with Gasteiger partial charge in [-0.1, -0.05) is 0 Å². The molecular formula is C18H20FN3O2. The number of hydrogen-bond donors (Lipinski definition) is 1. The van der Waals surface area contributed by atoms with E-state index < -0.39 is 0 Å². The van der Waals surface area contributed by atoms with E-state index in [2.05, 4.69) is 9.88 Å². The number of aromatic nitrogens is 1. The first-order valence-corrected chi connectivity index (χ1v) is 8.45. The second-order valence-corrected chi connectivity index (χ2v) is 6.55. The molecule has 0 radical (unpaired) electrons. The van der Waals surface area contributed by atoms with Gasteiger partial charge in [0.1, 0.15) is 12.1 Å². The summed E-state index contributed by atoms with van der Waals surface area (Å²) in [6.45, 7) is 3.15. The second-order valence-electron chi connectivity index (χ2n) is 6.55. The van der Waals surface area contributed by atoms with Gasteiger partial charge in [-0.25, -0.2) is 4.39 Å². The van der Waals surface area contributed by atoms with E-state index in [4.69, 9.17) is 0 Å². The van der Waals surface area contributed by atoms with Crippen molar-refractivity contribution in [2.24, 2.45) is 0 Å². The molecule has 0 bridgehead atoms. The van der Waals surface area contributed by atoms with Crippen LogP contribution in [-0.4, -0.2) is 37.0 Å². The van der Waals surface area contributed by atoms with Gasteiger partial charge in [0.25, 0.3) is 0 Å². The molecule has 2 aromatic rings. The Labute approximate surface area is 139 Å². The molecule has 1 N–H and O–H groups in total. The maximum absolute atomic E-state index is 14.7. The number of hydrogen-bond acceptors (Lipinski definition) is 4. The number of halogens is 1. The van der Waals surface area contributed by atoms with Gasteiger partial charge in [-0.05, 0) is 25.0 Å². The predicted octanol–water partition coefficient (Wildman–Crippen LogP) is 1.63. The Morgan fingerprint density at radius 1 is 1.25 bits per heavy atom. The number of aldehydes is 1. The lowest BCUT2D eigenvalue weighted by Crippen LogP contribution is -2.43. The average molecular weight is 329 g/mol. The average Bonchev–Trinajstić information content (AvgIpc) is 3.43. The highest BCUT2D eigenvalue weighted by Gasteiger charge is 2.26. The number of fused-ring (bicyclic) bond motifs is 1. The largest absolute Gasteiger partial charge is 0.367 e. The number of anilines is 1. The van der Waals surface area contributed by atoms with Gasteiger partial charge in [-0.2, -0.15) is 0 Å². The molecule has 0 atom stereocenters. The van der Waals surface area contributed by atoms with E-state index in [9.17, 15) is 14.0 Å². The smallest absolute Gasteiger partial charge is 0.193 e. The Morgan fingerprint density at radius 3 is 2.67 bits per heavy atom. The zero-order valence-corrected chi connectivity index (χ0v) is 13.4. The predicted molar refractivity (Wildman–Crippen MR) is 91.3 cm³/mol. The quantitative estimate of drug-likeness (QED) is 0.866. The Bertz CT molecular complexity index is 851. The molecular weight excluding hydrogens is 309 g/mol. The number of benzene rings is 1. The standard InChI is InChI=1S/C18H20FN3O2/c19-15-9-14-16(10-17(15)21-6-4-20-5-7-21)22(13-1-2-13)11-12(3-8-23)18(14)24/h8-11,13,20H,1-7H2. The molecule has 2 fully saturated rings. The molecule has 126 valence electrons. The van der Waals surface area contributed by atoms with Crippen LogP contribution in [0.1, 0.15) is 24.4 Å². The molecule has 1 aromatic carbocycles. The van der Waals surface area contributed by atoms with Crippen LogP contribution in [-0.2, 0) is 11.2 Å². The van der Waals surface area contributed by atoms with Crippen molar-refractivity contribution >= 4 is 22.9 Å². The van der Waals surface area contributed by atoms with Gasteiger partial charge in [0, 0.05) is 55.8 Å². The lowest BCUT2D eigenvalue weighted by atomic mass is 10.1. The molecule has 0 amide bonds. The zero-order chi connectivity index (χ0) is 16.7. The van der Waals surface area contributed by atoms with Gasteiger partial charge >= 0.3 is 0 Å². The fraction of sp³-hybridized carbons (Fsp3) is 0.444. The summed E-state index contributed by atoms with van der Waals surface area (Å²) >= 11 is 0. The minimum Gasteiger partial charge on any atom is -0.367 e. The van der Waals surface area contributed by atoms with Crippen molar-refractivity contribution in [3.8, 4) is 0 Å². The summed E-state index contributed by atoms with van der Waals surface area (Å²) < 4.78 is 16.7. The van der Waals surface area contributed by atoms with Gasteiger partial charge in [-0.15, -0.1) is 0 Å². The van der Waals surface area contributed by atoms with Crippen LogP contribution in [0.2, 0.25) is 0 Å². The molecule has 6 heteroatoms. The fourth-order valence-corrected chi connectivity index (χ4v) is 3.45. The van der Waals surface area contributed by atoms with E-state index in [0.717, 1.165) is 50.8 Å². The number of pyridine rings is 1. The van der Waals surface area contributed by atoms with Crippen LogP contribution < -0.4 is 15.6 Å². The van der Waals surface area contributed by atoms with Crippen LogP contribution in [0, 0.1) is 5.82 Å². The third-order valence-electron chi connectivity index (χ3n) is 4.88. The molecule has 4 rings (SSSR count). The first-order valence-electron chi connectivity index (χ1n) is 8.45. The maximum Gasteiger partial charge on any atom is 0.193 e. The summed E-state index contributed by atoms with van der Waals surface area (Å²) in [5, 5.41) is 3.63. The summed E-state index contributed by atoms with van der Waals surface area (Å²) in [6.07, 6.45) is 4.70. The van der Waals surface area contributed by atoms with Crippen molar-refractivity contribution < 1.29 is 9.18 Å². The highest BCUT2D eigenvalue weighted by atomic mass is 19.1. The van der Waals surface area contributed by atoms with E-state index in [-0.39, 0.29) is 17.7 Å². The molecule has 2 aliphatic rings. The topological polar surface area (TPSA) is 54.3 Å². The minimum atomic E-state index is -0.368. The summed E-state index contributed by atoms with van der Waals surface area (Å²) in [6, 6.07) is 3.50. The molecule has 1 aromatic heterocycles. The van der Waals surface area contributed by atoms with Gasteiger partial charge in [0.2, 0.25) is 0 Å². The van der Waals surface area contributed by atoms with E-state index in [1.807, 2.05) is 4.90 Å². The van der Waals surface area contributed by atoms with E-state index in [1.54, 1.807) is 12.3 Å². The number of carbonyl (C=O) groups excluding carboxylic acids is 1. The van der Waals surface area contributed by atoms with E-state index in [1.165, 1.54) is 6.07 Å². The Morgan fingerprint density at radius 2 is 2.00 bits per heavy atom. The number of rotatable bonds is 4. The summed E-state index contributed by atoms with van der Waals surface area (Å²) in [5.74, 6) is -0.368. The summed E-state index contributed by atoms with van der Waals surface area (Å²) in [5.41, 5.74) is 1.53. The molecule has 1 aliphatic carbocycles. The number of nitrogens with zero attached hydrogens (tertiary/aromatic N) is 2. The van der Waals surface area contributed by atoms with Crippen molar-refractivity contribution in [3.05, 3.63) is 39.9 Å². The van der Waals surface area contributed by atoms with Crippen molar-refractivity contribution in [1.29, 1.82) is 0 Å². The highest BCUT2D eigenvalue weighted by Crippen LogP contribution is 2.38. The third-order valence-corrected chi connectivity index (χ3v) is 4.88. The molecule has 0 unspecified atom stereocenters. The highest BCUT2D eigenvalue weighted by molar-refractivity contribution is 5.84. The normalized spacial score (nSPS) is 18.1. The fourth-order valence-electron chi connectivity index (χ4n) is 3.45. The Hall–Kier alpha value is -2.21. The molecule has 24 heavy (non-hydrogen) atoms. The van der Waals surface area contributed by atoms with Crippen LogP contribution in [0.4, 0.5) is 10.1 Å². The van der Waals surface area contributed by atoms with Crippen LogP contribution >= 0.6 is 0 Å². The minimum absolute atomic E-state index is 0.0721. The van der Waals surface area contributed by atoms with Crippen molar-refractivity contribution in [2.75, 3.05) is 31.1 Å². The van der Waals surface area contributed by atoms with Crippen molar-refractivity contribution in [1.82, 2.24) is 9.88 Å². The monoisotopic (exact) mass is 329 g/mol. The van der Waals surface area contributed by atoms with Gasteiger partial charge in [-0.3, -0.25) is 4.79 Å².